The highest BCUT2D eigenvalue weighted by Crippen LogP contribution is 2.30. The molecule has 0 unspecified atom stereocenters. The molecule has 0 fully saturated rings. The molecule has 0 bridgehead atoms. The molecule has 5 nitrogen and oxygen atoms in total. The molecule has 0 aliphatic carbocycles. The topological polar surface area (TPSA) is 71.2 Å². The van der Waals surface area contributed by atoms with Crippen LogP contribution in [0, 0.1) is 0 Å². The molecule has 17 heavy (non-hydrogen) atoms. The average molecular weight is 232 g/mol. The molecule has 0 aliphatic rings. The Kier molecular flexibility index (Phi) is 2.82. The Balaban J connectivity index is 2.61. The zero-order valence-corrected chi connectivity index (χ0v) is 9.53. The van der Waals surface area contributed by atoms with Crippen LogP contribution >= 0.6 is 0 Å². The van der Waals surface area contributed by atoms with Gasteiger partial charge in [-0.2, -0.15) is 0 Å². The lowest BCUT2D eigenvalue weighted by atomic mass is 10.2. The van der Waals surface area contributed by atoms with Crippen LogP contribution in [0.1, 0.15) is 17.4 Å². The van der Waals surface area contributed by atoms with Crippen molar-refractivity contribution in [1.29, 1.82) is 0 Å². The molecule has 0 spiro atoms. The molecule has 0 saturated heterocycles. The second-order valence-corrected chi connectivity index (χ2v) is 3.64. The number of methoxy groups -OCH3 is 1. The Morgan fingerprint density at radius 3 is 2.76 bits per heavy atom. The first-order chi connectivity index (χ1) is 8.15. The summed E-state index contributed by atoms with van der Waals surface area (Å²) in [6.45, 7) is 1.49. The third kappa shape index (κ3) is 1.99. The average Bonchev–Trinajstić information content (AvgIpc) is 2.71. The minimum atomic E-state index is -0.0370. The van der Waals surface area contributed by atoms with Crippen molar-refractivity contribution in [3.8, 4) is 5.75 Å². The maximum atomic E-state index is 11.2. The number of carbonyl (C=O) groups is 2. The van der Waals surface area contributed by atoms with Gasteiger partial charge in [-0.05, 0) is 18.2 Å². The lowest BCUT2D eigenvalue weighted by Crippen LogP contribution is -1.97. The Hall–Kier alpha value is -2.30. The molecule has 0 radical (unpaired) electrons. The highest BCUT2D eigenvalue weighted by molar-refractivity contribution is 5.99. The summed E-state index contributed by atoms with van der Waals surface area (Å²) in [6, 6.07) is 5.25. The third-order valence-corrected chi connectivity index (χ3v) is 2.53. The van der Waals surface area contributed by atoms with Crippen LogP contribution in [0.2, 0.25) is 0 Å². The Labute approximate surface area is 97.8 Å². The van der Waals surface area contributed by atoms with Gasteiger partial charge < -0.3 is 15.0 Å². The maximum absolute atomic E-state index is 11.2. The number of rotatable bonds is 4. The first kappa shape index (κ1) is 11.2. The van der Waals surface area contributed by atoms with E-state index in [9.17, 15) is 9.59 Å². The number of ketones is 1. The molecule has 88 valence electrons. The molecule has 0 aliphatic heterocycles. The summed E-state index contributed by atoms with van der Waals surface area (Å²) in [5.41, 5.74) is 1.87. The van der Waals surface area contributed by atoms with E-state index in [-0.39, 0.29) is 5.78 Å². The summed E-state index contributed by atoms with van der Waals surface area (Å²) >= 11 is 0. The summed E-state index contributed by atoms with van der Waals surface area (Å²) in [7, 11) is 1.52. The van der Waals surface area contributed by atoms with Crippen LogP contribution in [0.15, 0.2) is 18.2 Å². The number of ether oxygens (including phenoxy) is 1. The first-order valence-electron chi connectivity index (χ1n) is 5.07. The molecule has 0 saturated carbocycles. The number of nitrogens with one attached hydrogen (secondary N) is 2. The van der Waals surface area contributed by atoms with E-state index in [1.54, 1.807) is 18.2 Å². The molecule has 1 aromatic heterocycles. The van der Waals surface area contributed by atoms with Gasteiger partial charge in [0.2, 0.25) is 6.41 Å². The van der Waals surface area contributed by atoms with Gasteiger partial charge in [-0.1, -0.05) is 0 Å². The zero-order chi connectivity index (χ0) is 12.4. The number of H-pyrrole nitrogens is 1. The van der Waals surface area contributed by atoms with E-state index in [0.717, 1.165) is 10.9 Å². The fraction of sp³-hybridized carbons (Fsp3) is 0.167. The predicted molar refractivity (Wildman–Crippen MR) is 64.5 cm³/mol. The van der Waals surface area contributed by atoms with E-state index in [1.807, 2.05) is 0 Å². The van der Waals surface area contributed by atoms with E-state index in [0.29, 0.717) is 23.5 Å². The predicted octanol–water partition coefficient (Wildman–Crippen LogP) is 1.95. The van der Waals surface area contributed by atoms with Crippen LogP contribution in [0.3, 0.4) is 0 Å². The molecular weight excluding hydrogens is 220 g/mol. The molecule has 5 heteroatoms. The van der Waals surface area contributed by atoms with Gasteiger partial charge in [0, 0.05) is 17.8 Å². The van der Waals surface area contributed by atoms with E-state index in [1.165, 1.54) is 14.0 Å². The SMILES string of the molecule is COc1cc2cc(C(C)=O)[nH]c2cc1NC=O. The quantitative estimate of drug-likeness (QED) is 0.625. The summed E-state index contributed by atoms with van der Waals surface area (Å²) in [5, 5.41) is 3.41. The van der Waals surface area contributed by atoms with Gasteiger partial charge in [0.25, 0.3) is 0 Å². The number of hydrogen-bond acceptors (Lipinski definition) is 3. The van der Waals surface area contributed by atoms with Crippen LogP contribution in [-0.4, -0.2) is 24.3 Å². The highest BCUT2D eigenvalue weighted by Gasteiger charge is 2.09. The molecule has 1 amide bonds. The molecule has 1 aromatic carbocycles. The molecule has 2 aromatic rings. The second-order valence-electron chi connectivity index (χ2n) is 3.64. The summed E-state index contributed by atoms with van der Waals surface area (Å²) < 4.78 is 5.16. The summed E-state index contributed by atoms with van der Waals surface area (Å²) in [5.74, 6) is 0.517. The van der Waals surface area contributed by atoms with Crippen LogP contribution in [0.25, 0.3) is 10.9 Å². The number of anilines is 1. The number of amides is 1. The Bertz CT molecular complexity index is 587. The molecule has 0 atom stereocenters. The normalized spacial score (nSPS) is 10.2. The van der Waals surface area contributed by atoms with Crippen molar-refractivity contribution >= 4 is 28.8 Å². The minimum Gasteiger partial charge on any atom is -0.495 e. The second kappa shape index (κ2) is 4.29. The van der Waals surface area contributed by atoms with Crippen molar-refractivity contribution in [3.63, 3.8) is 0 Å². The van der Waals surface area contributed by atoms with Gasteiger partial charge in [0.1, 0.15) is 5.75 Å². The van der Waals surface area contributed by atoms with Gasteiger partial charge in [-0.15, -0.1) is 0 Å². The van der Waals surface area contributed by atoms with Gasteiger partial charge >= 0.3 is 0 Å². The molecular formula is C12H12N2O3. The Morgan fingerprint density at radius 1 is 1.41 bits per heavy atom. The number of aromatic nitrogens is 1. The monoisotopic (exact) mass is 232 g/mol. The van der Waals surface area contributed by atoms with E-state index >= 15 is 0 Å². The van der Waals surface area contributed by atoms with Gasteiger partial charge in [-0.3, -0.25) is 9.59 Å². The minimum absolute atomic E-state index is 0.0370. The van der Waals surface area contributed by atoms with Gasteiger partial charge in [-0.25, -0.2) is 0 Å². The number of Topliss-reactive ketones (excluding diaryl/α,β-unsaturated/α-hetero) is 1. The van der Waals surface area contributed by atoms with Crippen LogP contribution in [-0.2, 0) is 4.79 Å². The van der Waals surface area contributed by atoms with Crippen molar-refractivity contribution < 1.29 is 14.3 Å². The molecule has 1 heterocycles. The Morgan fingerprint density at radius 2 is 2.18 bits per heavy atom. The number of aromatic amines is 1. The standard InChI is InChI=1S/C12H12N2O3/c1-7(16)9-3-8-4-12(17-2)11(13-6-15)5-10(8)14-9/h3-6,14H,1-2H3,(H,13,15). The van der Waals surface area contributed by atoms with E-state index in [4.69, 9.17) is 4.74 Å². The molecule has 2 rings (SSSR count). The van der Waals surface area contributed by atoms with E-state index < -0.39 is 0 Å². The van der Waals surface area contributed by atoms with Crippen molar-refractivity contribution in [1.82, 2.24) is 4.98 Å². The van der Waals surface area contributed by atoms with Crippen molar-refractivity contribution in [3.05, 3.63) is 23.9 Å². The fourth-order valence-electron chi connectivity index (χ4n) is 1.69. The van der Waals surface area contributed by atoms with Crippen LogP contribution < -0.4 is 10.1 Å². The van der Waals surface area contributed by atoms with Crippen molar-refractivity contribution in [2.75, 3.05) is 12.4 Å². The van der Waals surface area contributed by atoms with Crippen molar-refractivity contribution in [2.24, 2.45) is 0 Å². The van der Waals surface area contributed by atoms with Crippen LogP contribution in [0.4, 0.5) is 5.69 Å². The van der Waals surface area contributed by atoms with Crippen LogP contribution in [0.5, 0.6) is 5.75 Å². The number of benzene rings is 1. The highest BCUT2D eigenvalue weighted by atomic mass is 16.5. The third-order valence-electron chi connectivity index (χ3n) is 2.53. The lowest BCUT2D eigenvalue weighted by Gasteiger charge is -2.06. The summed E-state index contributed by atoms with van der Waals surface area (Å²) in [4.78, 5) is 24.7. The summed E-state index contributed by atoms with van der Waals surface area (Å²) in [6.07, 6.45) is 0.582. The first-order valence-corrected chi connectivity index (χ1v) is 5.07. The largest absolute Gasteiger partial charge is 0.495 e. The molecule has 2 N–H and O–H groups in total. The van der Waals surface area contributed by atoms with Gasteiger partial charge in [0.05, 0.1) is 18.5 Å². The van der Waals surface area contributed by atoms with E-state index in [2.05, 4.69) is 10.3 Å². The zero-order valence-electron chi connectivity index (χ0n) is 9.53. The lowest BCUT2D eigenvalue weighted by molar-refractivity contribution is -0.105. The number of hydrogen-bond donors (Lipinski definition) is 2. The number of carbonyl (C=O) groups excluding carboxylic acids is 2. The smallest absolute Gasteiger partial charge is 0.211 e. The van der Waals surface area contributed by atoms with Gasteiger partial charge in [0.15, 0.2) is 5.78 Å². The fourth-order valence-corrected chi connectivity index (χ4v) is 1.69. The number of fused-ring (bicyclic) bond motifs is 1. The maximum Gasteiger partial charge on any atom is 0.211 e. The van der Waals surface area contributed by atoms with Crippen molar-refractivity contribution in [2.45, 2.75) is 6.92 Å².